The summed E-state index contributed by atoms with van der Waals surface area (Å²) in [4.78, 5) is 14.2. The molecule has 0 atom stereocenters. The van der Waals surface area contributed by atoms with E-state index in [2.05, 4.69) is 42.3 Å². The minimum Gasteiger partial charge on any atom is -0.370 e. The van der Waals surface area contributed by atoms with Crippen molar-refractivity contribution in [1.82, 2.24) is 5.32 Å². The molecule has 1 aromatic carbocycles. The van der Waals surface area contributed by atoms with Gasteiger partial charge in [0.25, 0.3) is 0 Å². The normalized spacial score (nSPS) is 15.3. The molecule has 0 aliphatic heterocycles. The maximum atomic E-state index is 12.2. The van der Waals surface area contributed by atoms with E-state index in [4.69, 9.17) is 0 Å². The van der Waals surface area contributed by atoms with Crippen LogP contribution in [0.1, 0.15) is 44.6 Å². The van der Waals surface area contributed by atoms with E-state index < -0.39 is 9.84 Å². The molecule has 6 heteroatoms. The molecule has 0 bridgehead atoms. The smallest absolute Gasteiger partial charge is 0.221 e. The molecule has 1 aromatic rings. The molecule has 1 fully saturated rings. The minimum absolute atomic E-state index is 0.0289. The average molecular weight is 367 g/mol. The van der Waals surface area contributed by atoms with Crippen LogP contribution in [0, 0.1) is 6.92 Å². The quantitative estimate of drug-likeness (QED) is 0.730. The van der Waals surface area contributed by atoms with Crippen molar-refractivity contribution >= 4 is 21.4 Å². The van der Waals surface area contributed by atoms with Gasteiger partial charge in [-0.1, -0.05) is 25.0 Å². The number of amides is 1. The third-order valence-electron chi connectivity index (χ3n) is 4.88. The molecule has 5 nitrogen and oxygen atoms in total. The second-order valence-electron chi connectivity index (χ2n) is 6.79. The van der Waals surface area contributed by atoms with Crippen LogP contribution < -0.4 is 10.2 Å². The molecule has 1 aliphatic rings. The second-order valence-corrected chi connectivity index (χ2v) is 9.19. The van der Waals surface area contributed by atoms with E-state index in [-0.39, 0.29) is 23.3 Å². The van der Waals surface area contributed by atoms with Gasteiger partial charge in [-0.15, -0.1) is 0 Å². The number of nitrogens with one attached hydrogen (secondary N) is 1. The lowest BCUT2D eigenvalue weighted by Gasteiger charge is -2.23. The van der Waals surface area contributed by atoms with Gasteiger partial charge in [-0.3, -0.25) is 4.79 Å². The van der Waals surface area contributed by atoms with Gasteiger partial charge in [0.2, 0.25) is 5.91 Å². The first-order chi connectivity index (χ1) is 11.9. The van der Waals surface area contributed by atoms with Crippen molar-refractivity contribution in [1.29, 1.82) is 0 Å². The van der Waals surface area contributed by atoms with E-state index in [0.29, 0.717) is 13.1 Å². The summed E-state index contributed by atoms with van der Waals surface area (Å²) in [5, 5.41) is 2.63. The highest BCUT2D eigenvalue weighted by molar-refractivity contribution is 7.92. The highest BCUT2D eigenvalue weighted by Gasteiger charge is 2.28. The molecule has 1 saturated carbocycles. The number of hydrogen-bond donors (Lipinski definition) is 1. The third-order valence-corrected chi connectivity index (χ3v) is 7.14. The summed E-state index contributed by atoms with van der Waals surface area (Å²) < 4.78 is 24.4. The second kappa shape index (κ2) is 9.22. The fourth-order valence-corrected chi connectivity index (χ4v) is 5.22. The molecule has 0 heterocycles. The molecule has 140 valence electrons. The molecule has 1 aliphatic carbocycles. The highest BCUT2D eigenvalue weighted by Crippen LogP contribution is 2.25. The maximum absolute atomic E-state index is 12.2. The van der Waals surface area contributed by atoms with Gasteiger partial charge in [0.15, 0.2) is 9.84 Å². The third kappa shape index (κ3) is 6.03. The van der Waals surface area contributed by atoms with E-state index in [1.807, 2.05) is 6.07 Å². The van der Waals surface area contributed by atoms with Crippen LogP contribution in [0.15, 0.2) is 24.3 Å². The number of hydrogen-bond acceptors (Lipinski definition) is 4. The van der Waals surface area contributed by atoms with Gasteiger partial charge in [0, 0.05) is 31.7 Å². The fourth-order valence-electron chi connectivity index (χ4n) is 3.36. The molecule has 0 radical (unpaired) electrons. The number of carbonyl (C=O) groups is 1. The summed E-state index contributed by atoms with van der Waals surface area (Å²) in [6.45, 7) is 6.22. The number of anilines is 1. The summed E-state index contributed by atoms with van der Waals surface area (Å²) >= 11 is 0. The summed E-state index contributed by atoms with van der Waals surface area (Å²) in [7, 11) is -3.12. The lowest BCUT2D eigenvalue weighted by Crippen LogP contribution is -2.36. The molecular formula is C19H30N2O3S. The lowest BCUT2D eigenvalue weighted by atomic mass is 10.2. The van der Waals surface area contributed by atoms with Gasteiger partial charge in [0.1, 0.15) is 0 Å². The zero-order chi connectivity index (χ0) is 18.3. The molecule has 2 rings (SSSR count). The molecular weight excluding hydrogens is 336 g/mol. The van der Waals surface area contributed by atoms with Crippen molar-refractivity contribution < 1.29 is 13.2 Å². The maximum Gasteiger partial charge on any atom is 0.221 e. The van der Waals surface area contributed by atoms with Crippen molar-refractivity contribution in [3.05, 3.63) is 29.8 Å². The number of likely N-dealkylation sites (N-methyl/N-ethyl adjacent to an activating group) is 1. The Bertz CT molecular complexity index is 667. The van der Waals surface area contributed by atoms with Crippen LogP contribution in [0.2, 0.25) is 0 Å². The van der Waals surface area contributed by atoms with Crippen molar-refractivity contribution in [2.75, 3.05) is 30.3 Å². The Balaban J connectivity index is 1.74. The standard InChI is InChI=1S/C19H30N2O3S/c1-3-21(17-8-6-7-16(2)15-17)13-12-20-19(22)11-14-25(23,24)18-9-4-5-10-18/h6-8,15,18H,3-5,9-14H2,1-2H3,(H,20,22). The number of nitrogens with zero attached hydrogens (tertiary/aromatic N) is 1. The van der Waals surface area contributed by atoms with E-state index >= 15 is 0 Å². The van der Waals surface area contributed by atoms with Crippen molar-refractivity contribution in [3.63, 3.8) is 0 Å². The van der Waals surface area contributed by atoms with Gasteiger partial charge >= 0.3 is 0 Å². The first-order valence-electron chi connectivity index (χ1n) is 9.22. The zero-order valence-electron chi connectivity index (χ0n) is 15.3. The van der Waals surface area contributed by atoms with Crippen LogP contribution >= 0.6 is 0 Å². The molecule has 25 heavy (non-hydrogen) atoms. The van der Waals surface area contributed by atoms with Crippen LogP contribution in [-0.2, 0) is 14.6 Å². The predicted molar refractivity (Wildman–Crippen MR) is 103 cm³/mol. The largest absolute Gasteiger partial charge is 0.370 e. The SMILES string of the molecule is CCN(CCNC(=O)CCS(=O)(=O)C1CCCC1)c1cccc(C)c1. The Morgan fingerprint density at radius 3 is 2.64 bits per heavy atom. The summed E-state index contributed by atoms with van der Waals surface area (Å²) in [6, 6.07) is 8.27. The topological polar surface area (TPSA) is 66.5 Å². The van der Waals surface area contributed by atoms with Crippen LogP contribution in [-0.4, -0.2) is 45.0 Å². The van der Waals surface area contributed by atoms with E-state index in [1.54, 1.807) is 0 Å². The van der Waals surface area contributed by atoms with Crippen LogP contribution in [0.3, 0.4) is 0 Å². The van der Waals surface area contributed by atoms with Gasteiger partial charge in [0.05, 0.1) is 11.0 Å². The molecule has 0 unspecified atom stereocenters. The zero-order valence-corrected chi connectivity index (χ0v) is 16.1. The van der Waals surface area contributed by atoms with Crippen LogP contribution in [0.4, 0.5) is 5.69 Å². The van der Waals surface area contributed by atoms with Crippen molar-refractivity contribution in [3.8, 4) is 0 Å². The lowest BCUT2D eigenvalue weighted by molar-refractivity contribution is -0.120. The van der Waals surface area contributed by atoms with Crippen molar-refractivity contribution in [2.45, 2.75) is 51.2 Å². The predicted octanol–water partition coefficient (Wildman–Crippen LogP) is 2.69. The molecule has 1 amide bonds. The number of aryl methyl sites for hydroxylation is 1. The van der Waals surface area contributed by atoms with Crippen LogP contribution in [0.5, 0.6) is 0 Å². The fraction of sp³-hybridized carbons (Fsp3) is 0.632. The Hall–Kier alpha value is -1.56. The average Bonchev–Trinajstić information content (AvgIpc) is 3.12. The number of benzene rings is 1. The summed E-state index contributed by atoms with van der Waals surface area (Å²) in [5.74, 6) is -0.208. The number of carbonyl (C=O) groups excluding carboxylic acids is 1. The van der Waals surface area contributed by atoms with Gasteiger partial charge in [-0.25, -0.2) is 8.42 Å². The minimum atomic E-state index is -3.12. The monoisotopic (exact) mass is 366 g/mol. The molecule has 0 aromatic heterocycles. The first kappa shape index (κ1) is 19.8. The van der Waals surface area contributed by atoms with E-state index in [1.165, 1.54) is 5.56 Å². The van der Waals surface area contributed by atoms with Gasteiger partial charge in [-0.05, 0) is 44.4 Å². The number of sulfone groups is 1. The highest BCUT2D eigenvalue weighted by atomic mass is 32.2. The molecule has 0 saturated heterocycles. The summed E-state index contributed by atoms with van der Waals surface area (Å²) in [6.07, 6.45) is 3.55. The Morgan fingerprint density at radius 1 is 1.28 bits per heavy atom. The van der Waals surface area contributed by atoms with Gasteiger partial charge in [-0.2, -0.15) is 0 Å². The Labute approximate surface area is 151 Å². The number of rotatable bonds is 9. The van der Waals surface area contributed by atoms with Crippen LogP contribution in [0.25, 0.3) is 0 Å². The molecule has 1 N–H and O–H groups in total. The Morgan fingerprint density at radius 2 is 2.00 bits per heavy atom. The van der Waals surface area contributed by atoms with Crippen molar-refractivity contribution in [2.24, 2.45) is 0 Å². The molecule has 0 spiro atoms. The van der Waals surface area contributed by atoms with E-state index in [9.17, 15) is 13.2 Å². The first-order valence-corrected chi connectivity index (χ1v) is 10.9. The summed E-state index contributed by atoms with van der Waals surface area (Å²) in [5.41, 5.74) is 2.35. The van der Waals surface area contributed by atoms with Gasteiger partial charge < -0.3 is 10.2 Å². The van der Waals surface area contributed by atoms with E-state index in [0.717, 1.165) is 37.9 Å². The Kier molecular flexibility index (Phi) is 7.29.